The minimum absolute atomic E-state index is 0.0483. The molecule has 1 aliphatic carbocycles. The number of ether oxygens (including phenoxy) is 3. The van der Waals surface area contributed by atoms with Crippen LogP contribution in [0.15, 0.2) is 0 Å². The number of esters is 1. The highest BCUT2D eigenvalue weighted by molar-refractivity contribution is 5.80. The topological polar surface area (TPSA) is 61.8 Å². The Morgan fingerprint density at radius 1 is 1.35 bits per heavy atom. The third-order valence-electron chi connectivity index (χ3n) is 3.48. The van der Waals surface area contributed by atoms with Gasteiger partial charge in [0.2, 0.25) is 0 Å². The van der Waals surface area contributed by atoms with E-state index >= 15 is 0 Å². The van der Waals surface area contributed by atoms with E-state index in [0.29, 0.717) is 12.8 Å². The monoisotopic (exact) mass is 244 g/mol. The van der Waals surface area contributed by atoms with Gasteiger partial charge in [0, 0.05) is 18.9 Å². The van der Waals surface area contributed by atoms with E-state index in [2.05, 4.69) is 0 Å². The molecule has 5 heteroatoms. The Morgan fingerprint density at radius 2 is 2.00 bits per heavy atom. The normalized spacial score (nSPS) is 31.8. The van der Waals surface area contributed by atoms with E-state index in [1.54, 1.807) is 7.11 Å². The number of carbonyl (C=O) groups is 2. The molecule has 0 spiro atoms. The van der Waals surface area contributed by atoms with Crippen molar-refractivity contribution in [2.24, 2.45) is 11.3 Å². The Hall–Kier alpha value is -0.940. The first-order chi connectivity index (χ1) is 7.95. The fourth-order valence-corrected chi connectivity index (χ4v) is 2.51. The maximum absolute atomic E-state index is 11.6. The lowest BCUT2D eigenvalue weighted by Gasteiger charge is -2.51. The van der Waals surface area contributed by atoms with Gasteiger partial charge in [-0.3, -0.25) is 4.79 Å². The molecular weight excluding hydrogens is 224 g/mol. The SMILES string of the molecule is COCO[C@@H]1C[C@H](C(=O)OC)[C@]1(C)CC(C)=O. The molecule has 0 bridgehead atoms. The summed E-state index contributed by atoms with van der Waals surface area (Å²) in [6.45, 7) is 3.58. The molecule has 0 aliphatic heterocycles. The lowest BCUT2D eigenvalue weighted by molar-refractivity contribution is -0.206. The van der Waals surface area contributed by atoms with Crippen molar-refractivity contribution < 1.29 is 23.8 Å². The smallest absolute Gasteiger partial charge is 0.309 e. The third-order valence-corrected chi connectivity index (χ3v) is 3.48. The van der Waals surface area contributed by atoms with Crippen molar-refractivity contribution in [3.8, 4) is 0 Å². The van der Waals surface area contributed by atoms with Crippen LogP contribution in [0.2, 0.25) is 0 Å². The summed E-state index contributed by atoms with van der Waals surface area (Å²) in [5, 5.41) is 0. The summed E-state index contributed by atoms with van der Waals surface area (Å²) in [6.07, 6.45) is 0.775. The summed E-state index contributed by atoms with van der Waals surface area (Å²) in [5.74, 6) is -0.489. The molecule has 0 heterocycles. The second-order valence-corrected chi connectivity index (χ2v) is 4.76. The first-order valence-corrected chi connectivity index (χ1v) is 5.63. The van der Waals surface area contributed by atoms with Gasteiger partial charge in [-0.1, -0.05) is 6.92 Å². The number of methoxy groups -OCH3 is 2. The molecule has 98 valence electrons. The standard InChI is InChI=1S/C12H20O5/c1-8(13)6-12(2)9(11(14)16-4)5-10(12)17-7-15-3/h9-10H,5-7H2,1-4H3/t9-,10-,12+/m1/s1. The zero-order chi connectivity index (χ0) is 13.1. The van der Waals surface area contributed by atoms with E-state index < -0.39 is 5.41 Å². The van der Waals surface area contributed by atoms with Crippen LogP contribution in [0.1, 0.15) is 26.7 Å². The van der Waals surface area contributed by atoms with Crippen LogP contribution >= 0.6 is 0 Å². The van der Waals surface area contributed by atoms with Crippen LogP contribution in [0.5, 0.6) is 0 Å². The van der Waals surface area contributed by atoms with E-state index in [-0.39, 0.29) is 30.6 Å². The lowest BCUT2D eigenvalue weighted by atomic mass is 9.56. The molecule has 0 aromatic heterocycles. The molecule has 1 saturated carbocycles. The van der Waals surface area contributed by atoms with Gasteiger partial charge in [-0.05, 0) is 13.3 Å². The minimum Gasteiger partial charge on any atom is -0.469 e. The summed E-state index contributed by atoms with van der Waals surface area (Å²) >= 11 is 0. The quantitative estimate of drug-likeness (QED) is 0.518. The molecule has 1 fully saturated rings. The molecular formula is C12H20O5. The molecule has 1 rings (SSSR count). The van der Waals surface area contributed by atoms with Crippen LogP contribution in [0.25, 0.3) is 0 Å². The number of carbonyl (C=O) groups excluding carboxylic acids is 2. The Bertz CT molecular complexity index is 301. The van der Waals surface area contributed by atoms with Gasteiger partial charge in [-0.15, -0.1) is 0 Å². The first-order valence-electron chi connectivity index (χ1n) is 5.63. The number of hydrogen-bond acceptors (Lipinski definition) is 5. The van der Waals surface area contributed by atoms with Gasteiger partial charge in [0.1, 0.15) is 12.6 Å². The van der Waals surface area contributed by atoms with Crippen LogP contribution < -0.4 is 0 Å². The summed E-state index contributed by atoms with van der Waals surface area (Å²) in [5.41, 5.74) is -0.475. The number of Topliss-reactive ketones (excluding diaryl/α,β-unsaturated/α-hetero) is 1. The summed E-state index contributed by atoms with van der Waals surface area (Å²) in [6, 6.07) is 0. The third kappa shape index (κ3) is 2.84. The molecule has 17 heavy (non-hydrogen) atoms. The molecule has 0 N–H and O–H groups in total. The minimum atomic E-state index is -0.475. The van der Waals surface area contributed by atoms with Crippen LogP contribution in [0.3, 0.4) is 0 Å². The van der Waals surface area contributed by atoms with Gasteiger partial charge >= 0.3 is 5.97 Å². The predicted octanol–water partition coefficient (Wildman–Crippen LogP) is 1.15. The average molecular weight is 244 g/mol. The Labute approximate surface area is 101 Å². The molecule has 0 unspecified atom stereocenters. The Balaban J connectivity index is 2.71. The molecule has 0 aromatic carbocycles. The molecule has 0 radical (unpaired) electrons. The second-order valence-electron chi connectivity index (χ2n) is 4.76. The number of hydrogen-bond donors (Lipinski definition) is 0. The van der Waals surface area contributed by atoms with Crippen molar-refractivity contribution in [1.29, 1.82) is 0 Å². The van der Waals surface area contributed by atoms with E-state index in [1.165, 1.54) is 14.0 Å². The molecule has 5 nitrogen and oxygen atoms in total. The van der Waals surface area contributed by atoms with E-state index in [1.807, 2.05) is 6.92 Å². The summed E-state index contributed by atoms with van der Waals surface area (Å²) in [4.78, 5) is 22.9. The van der Waals surface area contributed by atoms with Crippen molar-refractivity contribution in [3.63, 3.8) is 0 Å². The lowest BCUT2D eigenvalue weighted by Crippen LogP contribution is -2.56. The largest absolute Gasteiger partial charge is 0.469 e. The van der Waals surface area contributed by atoms with Gasteiger partial charge in [0.25, 0.3) is 0 Å². The fourth-order valence-electron chi connectivity index (χ4n) is 2.51. The highest BCUT2D eigenvalue weighted by atomic mass is 16.7. The maximum Gasteiger partial charge on any atom is 0.309 e. The Kier molecular flexibility index (Phi) is 4.65. The van der Waals surface area contributed by atoms with Crippen LogP contribution in [-0.2, 0) is 23.8 Å². The van der Waals surface area contributed by atoms with E-state index in [0.717, 1.165) is 0 Å². The van der Waals surface area contributed by atoms with Crippen LogP contribution in [0, 0.1) is 11.3 Å². The highest BCUT2D eigenvalue weighted by Crippen LogP contribution is 2.51. The van der Waals surface area contributed by atoms with Crippen molar-refractivity contribution in [2.75, 3.05) is 21.0 Å². The van der Waals surface area contributed by atoms with Crippen molar-refractivity contribution in [3.05, 3.63) is 0 Å². The first kappa shape index (κ1) is 14.1. The van der Waals surface area contributed by atoms with Gasteiger partial charge < -0.3 is 19.0 Å². The molecule has 0 amide bonds. The number of ketones is 1. The average Bonchev–Trinajstić information content (AvgIpc) is 2.26. The van der Waals surface area contributed by atoms with Crippen LogP contribution in [-0.4, -0.2) is 38.9 Å². The predicted molar refractivity (Wildman–Crippen MR) is 60.3 cm³/mol. The maximum atomic E-state index is 11.6. The molecule has 0 aromatic rings. The van der Waals surface area contributed by atoms with Crippen LogP contribution in [0.4, 0.5) is 0 Å². The zero-order valence-corrected chi connectivity index (χ0v) is 10.8. The van der Waals surface area contributed by atoms with Gasteiger partial charge in [0.05, 0.1) is 19.1 Å². The molecule has 1 aliphatic rings. The molecule has 0 saturated heterocycles. The van der Waals surface area contributed by atoms with Crippen molar-refractivity contribution in [2.45, 2.75) is 32.8 Å². The van der Waals surface area contributed by atoms with E-state index in [9.17, 15) is 9.59 Å². The second kappa shape index (κ2) is 5.60. The van der Waals surface area contributed by atoms with Crippen molar-refractivity contribution in [1.82, 2.24) is 0 Å². The highest BCUT2D eigenvalue weighted by Gasteiger charge is 2.56. The fraction of sp³-hybridized carbons (Fsp3) is 0.833. The van der Waals surface area contributed by atoms with Gasteiger partial charge in [-0.25, -0.2) is 0 Å². The van der Waals surface area contributed by atoms with Gasteiger partial charge in [-0.2, -0.15) is 0 Å². The van der Waals surface area contributed by atoms with Crippen molar-refractivity contribution >= 4 is 11.8 Å². The zero-order valence-electron chi connectivity index (χ0n) is 10.8. The molecule has 3 atom stereocenters. The summed E-state index contributed by atoms with van der Waals surface area (Å²) < 4.78 is 15.1. The Morgan fingerprint density at radius 3 is 2.47 bits per heavy atom. The van der Waals surface area contributed by atoms with Gasteiger partial charge in [0.15, 0.2) is 0 Å². The summed E-state index contributed by atoms with van der Waals surface area (Å²) in [7, 11) is 2.90. The van der Waals surface area contributed by atoms with E-state index in [4.69, 9.17) is 14.2 Å². The number of rotatable bonds is 6.